The van der Waals surface area contributed by atoms with Crippen molar-refractivity contribution in [2.45, 2.75) is 23.3 Å². The van der Waals surface area contributed by atoms with Crippen LogP contribution in [0.25, 0.3) is 11.1 Å². The Morgan fingerprint density at radius 1 is 0.821 bits per heavy atom. The van der Waals surface area contributed by atoms with Crippen molar-refractivity contribution in [3.8, 4) is 22.6 Å². The number of benzene rings is 4. The molecule has 6 nitrogen and oxygen atoms in total. The monoisotopic (exact) mass is 538 g/mol. The normalized spacial score (nSPS) is 19.5. The van der Waals surface area contributed by atoms with E-state index in [4.69, 9.17) is 9.47 Å². The first-order valence-electron chi connectivity index (χ1n) is 12.9. The molecule has 0 saturated carbocycles. The summed E-state index contributed by atoms with van der Waals surface area (Å²) in [5.74, 6) is 1.87. The molecule has 1 aliphatic heterocycles. The van der Waals surface area contributed by atoms with Crippen LogP contribution in [0.15, 0.2) is 108 Å². The minimum Gasteiger partial charge on any atom is -0.497 e. The molecule has 0 fully saturated rings. The zero-order valence-corrected chi connectivity index (χ0v) is 22.6. The van der Waals surface area contributed by atoms with E-state index in [1.54, 1.807) is 38.5 Å². The third-order valence-electron chi connectivity index (χ3n) is 7.66. The summed E-state index contributed by atoms with van der Waals surface area (Å²) in [4.78, 5) is 0.242. The first kappa shape index (κ1) is 25.1. The van der Waals surface area contributed by atoms with Gasteiger partial charge in [-0.15, -0.1) is 0 Å². The minimum atomic E-state index is -3.78. The summed E-state index contributed by atoms with van der Waals surface area (Å²) >= 11 is 0. The number of sulfonamides is 1. The summed E-state index contributed by atoms with van der Waals surface area (Å²) in [6.45, 7) is 0. The molecule has 2 N–H and O–H groups in total. The summed E-state index contributed by atoms with van der Waals surface area (Å²) in [7, 11) is -0.449. The summed E-state index contributed by atoms with van der Waals surface area (Å²) in [5, 5.41) is 3.67. The summed E-state index contributed by atoms with van der Waals surface area (Å²) in [6, 6.07) is 28.6. The van der Waals surface area contributed by atoms with E-state index in [2.05, 4.69) is 22.2 Å². The lowest BCUT2D eigenvalue weighted by Crippen LogP contribution is -2.29. The molecule has 0 aromatic heterocycles. The molecular weight excluding hydrogens is 508 g/mol. The Morgan fingerprint density at radius 2 is 1.59 bits per heavy atom. The zero-order valence-electron chi connectivity index (χ0n) is 21.8. The van der Waals surface area contributed by atoms with Crippen LogP contribution in [0.1, 0.15) is 29.5 Å². The number of rotatable bonds is 7. The highest BCUT2D eigenvalue weighted by atomic mass is 32.2. The number of fused-ring (bicyclic) bond motifs is 3. The fraction of sp³-hybridized carbons (Fsp3) is 0.188. The molecule has 6 rings (SSSR count). The molecule has 4 aromatic carbocycles. The van der Waals surface area contributed by atoms with Crippen LogP contribution in [0, 0.1) is 5.92 Å². The van der Waals surface area contributed by atoms with Crippen LogP contribution in [0.2, 0.25) is 0 Å². The smallest absolute Gasteiger partial charge is 0.261 e. The third kappa shape index (κ3) is 4.74. The van der Waals surface area contributed by atoms with Gasteiger partial charge in [0.15, 0.2) is 0 Å². The van der Waals surface area contributed by atoms with Crippen molar-refractivity contribution < 1.29 is 17.9 Å². The van der Waals surface area contributed by atoms with E-state index >= 15 is 0 Å². The largest absolute Gasteiger partial charge is 0.497 e. The van der Waals surface area contributed by atoms with Gasteiger partial charge in [-0.2, -0.15) is 0 Å². The topological polar surface area (TPSA) is 76.7 Å². The molecule has 0 amide bonds. The highest BCUT2D eigenvalue weighted by Gasteiger charge is 2.39. The highest BCUT2D eigenvalue weighted by molar-refractivity contribution is 7.92. The van der Waals surface area contributed by atoms with E-state index in [1.807, 2.05) is 66.7 Å². The number of ether oxygens (including phenoxy) is 2. The van der Waals surface area contributed by atoms with Crippen LogP contribution in [0.5, 0.6) is 11.5 Å². The Labute approximate surface area is 229 Å². The van der Waals surface area contributed by atoms with Crippen molar-refractivity contribution in [2.24, 2.45) is 5.92 Å². The first-order valence-corrected chi connectivity index (χ1v) is 14.4. The maximum atomic E-state index is 13.4. The average Bonchev–Trinajstić information content (AvgIpc) is 3.47. The summed E-state index contributed by atoms with van der Waals surface area (Å²) in [5.41, 5.74) is 5.56. The number of allylic oxidation sites excluding steroid dienone is 2. The molecule has 0 radical (unpaired) electrons. The van der Waals surface area contributed by atoms with Crippen molar-refractivity contribution in [3.05, 3.63) is 114 Å². The lowest BCUT2D eigenvalue weighted by atomic mass is 9.77. The molecule has 198 valence electrons. The fourth-order valence-electron chi connectivity index (χ4n) is 5.71. The van der Waals surface area contributed by atoms with E-state index in [-0.39, 0.29) is 22.8 Å². The van der Waals surface area contributed by atoms with Gasteiger partial charge in [0.1, 0.15) is 11.5 Å². The van der Waals surface area contributed by atoms with Crippen molar-refractivity contribution in [2.75, 3.05) is 24.3 Å². The van der Waals surface area contributed by atoms with Gasteiger partial charge in [0.05, 0.1) is 25.2 Å². The lowest BCUT2D eigenvalue weighted by Gasteiger charge is -2.38. The number of methoxy groups -OCH3 is 2. The fourth-order valence-corrected chi connectivity index (χ4v) is 6.80. The molecular formula is C32H30N2O4S. The van der Waals surface area contributed by atoms with Crippen LogP contribution < -0.4 is 19.5 Å². The molecule has 2 aliphatic rings. The third-order valence-corrected chi connectivity index (χ3v) is 9.04. The second kappa shape index (κ2) is 10.2. The average molecular weight is 539 g/mol. The minimum absolute atomic E-state index is 0.00809. The van der Waals surface area contributed by atoms with Gasteiger partial charge in [-0.3, -0.25) is 4.72 Å². The first-order chi connectivity index (χ1) is 19.0. The molecule has 39 heavy (non-hydrogen) atoms. The van der Waals surface area contributed by atoms with E-state index < -0.39 is 10.0 Å². The molecule has 0 bridgehead atoms. The van der Waals surface area contributed by atoms with Gasteiger partial charge in [-0.25, -0.2) is 8.42 Å². The van der Waals surface area contributed by atoms with E-state index in [9.17, 15) is 8.42 Å². The molecule has 0 spiro atoms. The standard InChI is InChI=1S/C32H30N2O4S/c1-37-24-15-18-31(38-2)29(19-24)32-27-10-6-9-26(27)28-20-25(16-17-30(28)33-32)39(35,36)34-23-13-11-22(12-14-23)21-7-4-3-5-8-21/h3-9,11-20,26-27,32-34H,10H2,1-2H3/t26-,27+,32-/m0/s1. The molecule has 7 heteroatoms. The van der Waals surface area contributed by atoms with Gasteiger partial charge < -0.3 is 14.8 Å². The van der Waals surface area contributed by atoms with Gasteiger partial charge in [-0.05, 0) is 77.6 Å². The molecule has 1 aliphatic carbocycles. The van der Waals surface area contributed by atoms with Crippen molar-refractivity contribution in [1.82, 2.24) is 0 Å². The van der Waals surface area contributed by atoms with Crippen molar-refractivity contribution >= 4 is 21.4 Å². The summed E-state index contributed by atoms with van der Waals surface area (Å²) in [6.07, 6.45) is 5.25. The SMILES string of the molecule is COc1ccc(OC)c([C@H]2Nc3ccc(S(=O)(=O)Nc4ccc(-c5ccccc5)cc4)cc3[C@H]3C=CC[C@H]32)c1. The van der Waals surface area contributed by atoms with Gasteiger partial charge in [0.25, 0.3) is 10.0 Å². The maximum absolute atomic E-state index is 13.4. The predicted molar refractivity (Wildman–Crippen MR) is 155 cm³/mol. The summed E-state index contributed by atoms with van der Waals surface area (Å²) < 4.78 is 40.7. The number of hydrogen-bond donors (Lipinski definition) is 2. The molecule has 4 aromatic rings. The van der Waals surface area contributed by atoms with Crippen molar-refractivity contribution in [3.63, 3.8) is 0 Å². The predicted octanol–water partition coefficient (Wildman–Crippen LogP) is 7.00. The van der Waals surface area contributed by atoms with Gasteiger partial charge in [0, 0.05) is 22.9 Å². The molecule has 1 heterocycles. The van der Waals surface area contributed by atoms with E-state index in [0.29, 0.717) is 5.69 Å². The van der Waals surface area contributed by atoms with Crippen LogP contribution in [0.3, 0.4) is 0 Å². The second-order valence-corrected chi connectivity index (χ2v) is 11.6. The number of hydrogen-bond acceptors (Lipinski definition) is 5. The van der Waals surface area contributed by atoms with Crippen molar-refractivity contribution in [1.29, 1.82) is 0 Å². The quantitative estimate of drug-likeness (QED) is 0.248. The molecule has 0 unspecified atom stereocenters. The molecule has 0 saturated heterocycles. The van der Waals surface area contributed by atoms with Crippen LogP contribution in [0.4, 0.5) is 11.4 Å². The Bertz CT molecular complexity index is 1630. The lowest BCUT2D eigenvalue weighted by molar-refractivity contribution is 0.374. The van der Waals surface area contributed by atoms with Crippen LogP contribution in [-0.2, 0) is 10.0 Å². The number of anilines is 2. The van der Waals surface area contributed by atoms with Crippen LogP contribution in [-0.4, -0.2) is 22.6 Å². The van der Waals surface area contributed by atoms with E-state index in [1.165, 1.54) is 0 Å². The van der Waals surface area contributed by atoms with Crippen LogP contribution >= 0.6 is 0 Å². The Morgan fingerprint density at radius 3 is 2.33 bits per heavy atom. The number of nitrogens with one attached hydrogen (secondary N) is 2. The Balaban J connectivity index is 1.28. The molecule has 3 atom stereocenters. The van der Waals surface area contributed by atoms with Gasteiger partial charge >= 0.3 is 0 Å². The Hall–Kier alpha value is -4.23. The maximum Gasteiger partial charge on any atom is 0.261 e. The second-order valence-electron chi connectivity index (χ2n) is 9.88. The van der Waals surface area contributed by atoms with Gasteiger partial charge in [0.2, 0.25) is 0 Å². The highest BCUT2D eigenvalue weighted by Crippen LogP contribution is 2.52. The van der Waals surface area contributed by atoms with E-state index in [0.717, 1.165) is 45.9 Å². The van der Waals surface area contributed by atoms with Gasteiger partial charge in [-0.1, -0.05) is 54.6 Å². The zero-order chi connectivity index (χ0) is 27.0. The Kier molecular flexibility index (Phi) is 6.53.